The minimum Gasteiger partial charge on any atom is -0.426 e. The van der Waals surface area contributed by atoms with Gasteiger partial charge in [0.1, 0.15) is 11.3 Å². The van der Waals surface area contributed by atoms with Gasteiger partial charge in [0.05, 0.1) is 10.4 Å². The first-order chi connectivity index (χ1) is 11.0. The summed E-state index contributed by atoms with van der Waals surface area (Å²) in [4.78, 5) is 25.9. The molecule has 1 aromatic heterocycles. The lowest BCUT2D eigenvalue weighted by Crippen LogP contribution is -1.98. The quantitative estimate of drug-likeness (QED) is 0.454. The summed E-state index contributed by atoms with van der Waals surface area (Å²) in [7, 11) is 0. The molecule has 0 aliphatic heterocycles. The van der Waals surface area contributed by atoms with Crippen molar-refractivity contribution in [3.63, 3.8) is 0 Å². The van der Waals surface area contributed by atoms with E-state index >= 15 is 0 Å². The molecule has 7 nitrogen and oxygen atoms in total. The van der Waals surface area contributed by atoms with Crippen LogP contribution in [0.1, 0.15) is 12.5 Å². The van der Waals surface area contributed by atoms with Crippen LogP contribution in [0.3, 0.4) is 0 Å². The van der Waals surface area contributed by atoms with E-state index in [1.54, 1.807) is 18.2 Å². The SMILES string of the molecule is CC(=O)Cc1cccc(-c2nc3ccc([N+](=O)[O-])cc3n2O)c1. The van der Waals surface area contributed by atoms with E-state index in [0.29, 0.717) is 17.5 Å². The molecular formula is C16H13N3O4. The van der Waals surface area contributed by atoms with Gasteiger partial charge in [0.25, 0.3) is 5.69 Å². The number of nitrogens with zero attached hydrogens (tertiary/aromatic N) is 3. The Hall–Kier alpha value is -3.22. The molecule has 1 heterocycles. The van der Waals surface area contributed by atoms with E-state index in [0.717, 1.165) is 10.3 Å². The van der Waals surface area contributed by atoms with E-state index in [1.165, 1.54) is 25.1 Å². The van der Waals surface area contributed by atoms with Crippen LogP contribution in [0, 0.1) is 10.1 Å². The van der Waals surface area contributed by atoms with E-state index in [4.69, 9.17) is 0 Å². The van der Waals surface area contributed by atoms with Crippen LogP contribution in [0.5, 0.6) is 0 Å². The first kappa shape index (κ1) is 14.7. The Morgan fingerprint density at radius 1 is 1.30 bits per heavy atom. The highest BCUT2D eigenvalue weighted by Gasteiger charge is 2.16. The zero-order valence-corrected chi connectivity index (χ0v) is 12.3. The highest BCUT2D eigenvalue weighted by molar-refractivity contribution is 5.83. The zero-order valence-electron chi connectivity index (χ0n) is 12.3. The van der Waals surface area contributed by atoms with Crippen LogP contribution in [-0.2, 0) is 11.2 Å². The Morgan fingerprint density at radius 2 is 2.09 bits per heavy atom. The molecule has 0 aliphatic carbocycles. The molecule has 0 aliphatic rings. The lowest BCUT2D eigenvalue weighted by Gasteiger charge is -2.03. The number of nitro groups is 1. The van der Waals surface area contributed by atoms with Crippen molar-refractivity contribution in [3.05, 3.63) is 58.1 Å². The molecule has 3 aromatic rings. The molecule has 2 aromatic carbocycles. The zero-order chi connectivity index (χ0) is 16.6. The summed E-state index contributed by atoms with van der Waals surface area (Å²) >= 11 is 0. The molecule has 23 heavy (non-hydrogen) atoms. The van der Waals surface area contributed by atoms with Crippen LogP contribution in [0.4, 0.5) is 5.69 Å². The summed E-state index contributed by atoms with van der Waals surface area (Å²) in [6.45, 7) is 1.51. The van der Waals surface area contributed by atoms with E-state index in [1.807, 2.05) is 6.07 Å². The Bertz CT molecular complexity index is 930. The molecule has 116 valence electrons. The van der Waals surface area contributed by atoms with Crippen LogP contribution < -0.4 is 0 Å². The number of hydrogen-bond donors (Lipinski definition) is 1. The smallest absolute Gasteiger partial charge is 0.271 e. The summed E-state index contributed by atoms with van der Waals surface area (Å²) in [5.41, 5.74) is 2.03. The lowest BCUT2D eigenvalue weighted by molar-refractivity contribution is -0.384. The van der Waals surface area contributed by atoms with Crippen LogP contribution >= 0.6 is 0 Å². The van der Waals surface area contributed by atoms with Gasteiger partial charge in [-0.2, -0.15) is 4.73 Å². The fourth-order valence-electron chi connectivity index (χ4n) is 2.46. The second-order valence-corrected chi connectivity index (χ2v) is 5.26. The number of ketones is 1. The molecule has 0 atom stereocenters. The third-order valence-corrected chi connectivity index (χ3v) is 3.46. The molecule has 0 spiro atoms. The van der Waals surface area contributed by atoms with Gasteiger partial charge in [0.2, 0.25) is 0 Å². The number of fused-ring (bicyclic) bond motifs is 1. The van der Waals surface area contributed by atoms with Crippen LogP contribution in [0.15, 0.2) is 42.5 Å². The third-order valence-electron chi connectivity index (χ3n) is 3.46. The van der Waals surface area contributed by atoms with Gasteiger partial charge in [0, 0.05) is 24.1 Å². The number of aromatic nitrogens is 2. The van der Waals surface area contributed by atoms with Crippen molar-refractivity contribution in [3.8, 4) is 11.4 Å². The molecule has 3 rings (SSSR count). The highest BCUT2D eigenvalue weighted by Crippen LogP contribution is 2.26. The van der Waals surface area contributed by atoms with Crippen molar-refractivity contribution in [1.29, 1.82) is 0 Å². The number of carbonyl (C=O) groups excluding carboxylic acids is 1. The van der Waals surface area contributed by atoms with Gasteiger partial charge in [-0.3, -0.25) is 14.9 Å². The van der Waals surface area contributed by atoms with Crippen molar-refractivity contribution in [2.24, 2.45) is 0 Å². The van der Waals surface area contributed by atoms with Gasteiger partial charge in [-0.1, -0.05) is 18.2 Å². The van der Waals surface area contributed by atoms with E-state index in [9.17, 15) is 20.1 Å². The molecule has 0 radical (unpaired) electrons. The van der Waals surface area contributed by atoms with Crippen molar-refractivity contribution in [2.75, 3.05) is 0 Å². The van der Waals surface area contributed by atoms with Gasteiger partial charge in [-0.25, -0.2) is 4.98 Å². The maximum absolute atomic E-state index is 11.2. The Labute approximate surface area is 130 Å². The fourth-order valence-corrected chi connectivity index (χ4v) is 2.46. The van der Waals surface area contributed by atoms with Gasteiger partial charge in [-0.05, 0) is 24.6 Å². The largest absolute Gasteiger partial charge is 0.426 e. The number of nitro benzene ring substituents is 1. The van der Waals surface area contributed by atoms with Crippen molar-refractivity contribution in [1.82, 2.24) is 9.71 Å². The van der Waals surface area contributed by atoms with Crippen molar-refractivity contribution in [2.45, 2.75) is 13.3 Å². The molecule has 7 heteroatoms. The highest BCUT2D eigenvalue weighted by atomic mass is 16.6. The number of rotatable bonds is 4. The average Bonchev–Trinajstić information content (AvgIpc) is 2.83. The number of imidazole rings is 1. The number of carbonyl (C=O) groups is 1. The van der Waals surface area contributed by atoms with E-state index in [2.05, 4.69) is 4.98 Å². The Balaban J connectivity index is 2.11. The van der Waals surface area contributed by atoms with Crippen LogP contribution in [0.25, 0.3) is 22.4 Å². The molecule has 1 N–H and O–H groups in total. The Morgan fingerprint density at radius 3 is 2.78 bits per heavy atom. The van der Waals surface area contributed by atoms with Crippen molar-refractivity contribution < 1.29 is 14.9 Å². The summed E-state index contributed by atoms with van der Waals surface area (Å²) in [5, 5.41) is 21.1. The normalized spacial score (nSPS) is 10.8. The summed E-state index contributed by atoms with van der Waals surface area (Å²) < 4.78 is 0.829. The predicted molar refractivity (Wildman–Crippen MR) is 83.4 cm³/mol. The maximum atomic E-state index is 11.2. The van der Waals surface area contributed by atoms with E-state index in [-0.39, 0.29) is 22.8 Å². The second-order valence-electron chi connectivity index (χ2n) is 5.26. The molecular weight excluding hydrogens is 298 g/mol. The van der Waals surface area contributed by atoms with Crippen molar-refractivity contribution >= 4 is 22.5 Å². The average molecular weight is 311 g/mol. The summed E-state index contributed by atoms with van der Waals surface area (Å²) in [6.07, 6.45) is 0.297. The number of Topliss-reactive ketones (excluding diaryl/α,β-unsaturated/α-hetero) is 1. The fraction of sp³-hybridized carbons (Fsp3) is 0.125. The standard InChI is InChI=1S/C16H13N3O4/c1-10(20)7-11-3-2-4-12(8-11)16-17-14-6-5-13(19(22)23)9-15(14)18(16)21/h2-6,8-9,21H,7H2,1H3. The predicted octanol–water partition coefficient (Wildman–Crippen LogP) is 2.98. The summed E-state index contributed by atoms with van der Waals surface area (Å²) in [5.74, 6) is 0.307. The minimum absolute atomic E-state index is 0.0373. The second kappa shape index (κ2) is 5.53. The molecule has 0 fully saturated rings. The lowest BCUT2D eigenvalue weighted by atomic mass is 10.1. The monoisotopic (exact) mass is 311 g/mol. The number of benzene rings is 2. The maximum Gasteiger partial charge on any atom is 0.271 e. The number of non-ortho nitro benzene ring substituents is 1. The van der Waals surface area contributed by atoms with E-state index < -0.39 is 4.92 Å². The van der Waals surface area contributed by atoms with Gasteiger partial charge in [-0.15, -0.1) is 0 Å². The molecule has 0 bridgehead atoms. The Kier molecular flexibility index (Phi) is 3.53. The third kappa shape index (κ3) is 2.76. The minimum atomic E-state index is -0.528. The number of hydrogen-bond acceptors (Lipinski definition) is 5. The molecule has 0 amide bonds. The molecule has 0 unspecified atom stereocenters. The molecule has 0 saturated heterocycles. The van der Waals surface area contributed by atoms with Gasteiger partial charge < -0.3 is 5.21 Å². The van der Waals surface area contributed by atoms with Crippen LogP contribution in [-0.4, -0.2) is 25.6 Å². The van der Waals surface area contributed by atoms with Gasteiger partial charge in [0.15, 0.2) is 5.82 Å². The first-order valence-corrected chi connectivity index (χ1v) is 6.90. The van der Waals surface area contributed by atoms with Gasteiger partial charge >= 0.3 is 0 Å². The molecule has 0 saturated carbocycles. The first-order valence-electron chi connectivity index (χ1n) is 6.90. The van der Waals surface area contributed by atoms with Crippen LogP contribution in [0.2, 0.25) is 0 Å². The topological polar surface area (TPSA) is 98.3 Å². The summed E-state index contributed by atoms with van der Waals surface area (Å²) in [6, 6.07) is 11.2.